The first kappa shape index (κ1) is 25.4. The van der Waals surface area contributed by atoms with Gasteiger partial charge >= 0.3 is 12.4 Å². The number of hydrogen-bond donors (Lipinski definition) is 1. The van der Waals surface area contributed by atoms with Crippen molar-refractivity contribution >= 4 is 30.1 Å². The van der Waals surface area contributed by atoms with E-state index in [4.69, 9.17) is 46.5 Å². The van der Waals surface area contributed by atoms with Crippen molar-refractivity contribution in [1.29, 1.82) is 0 Å². The minimum Gasteiger partial charge on any atom is -0.477 e. The van der Waals surface area contributed by atoms with Gasteiger partial charge in [-0.25, -0.2) is 4.79 Å². The summed E-state index contributed by atoms with van der Waals surface area (Å²) in [7, 11) is 0. The third kappa shape index (κ3) is 5.50. The summed E-state index contributed by atoms with van der Waals surface area (Å²) in [5.74, 6) is 0.515. The van der Waals surface area contributed by atoms with Gasteiger partial charge in [0.25, 0.3) is 0 Å². The molecule has 0 radical (unpaired) electrons. The smallest absolute Gasteiger partial charge is 0.381 e. The van der Waals surface area contributed by atoms with Crippen LogP contribution in [0.2, 0.25) is 5.02 Å². The Labute approximate surface area is 217 Å². The van der Waals surface area contributed by atoms with E-state index in [1.165, 1.54) is 16.3 Å². The van der Waals surface area contributed by atoms with Gasteiger partial charge in [-0.15, -0.1) is 0 Å². The molecule has 1 N–H and O–H groups in total. The highest BCUT2D eigenvalue weighted by atomic mass is 35.5. The van der Waals surface area contributed by atoms with Gasteiger partial charge in [0, 0.05) is 30.5 Å². The predicted octanol–water partition coefficient (Wildman–Crippen LogP) is 3.80. The summed E-state index contributed by atoms with van der Waals surface area (Å²) in [5, 5.41) is 11.3. The lowest BCUT2D eigenvalue weighted by atomic mass is 10.1. The molecule has 3 heterocycles. The number of fused-ring (bicyclic) bond motifs is 1. The number of aryl methyl sites for hydroxylation is 1. The summed E-state index contributed by atoms with van der Waals surface area (Å²) in [5.41, 5.74) is 1.69. The number of nitrogens with zero attached hydrogens (tertiary/aromatic N) is 2. The number of benzene rings is 2. The molecule has 9 nitrogen and oxygen atoms in total. The zero-order valence-corrected chi connectivity index (χ0v) is 21.7. The first-order valence-electron chi connectivity index (χ1n) is 11.3. The van der Waals surface area contributed by atoms with E-state index in [1.54, 1.807) is 30.3 Å². The summed E-state index contributed by atoms with van der Waals surface area (Å²) in [6.07, 6.45) is -1.59. The number of aromatic nitrogens is 2. The molecule has 12 heteroatoms. The van der Waals surface area contributed by atoms with Gasteiger partial charge in [0.2, 0.25) is 5.88 Å². The third-order valence-electron chi connectivity index (χ3n) is 5.84. The standard InChI is InChI=1S/C24H24ClN2O7PS/c1-15-6-8-16(9-7-15)11-13-30-20-10-12-27(24(29)26-20)23-21(28)22-19(32-23)14-31-35(36,34-22)33-18-5-3-2-4-17(18)25/h2-10,12,19,21-23,28H,11,13-14H2,1H3/t19-,21?,22?,23-,35?/m1/s1. The lowest BCUT2D eigenvalue weighted by molar-refractivity contribution is -0.0614. The van der Waals surface area contributed by atoms with Crippen LogP contribution in [-0.4, -0.2) is 46.2 Å². The van der Waals surface area contributed by atoms with Crippen LogP contribution in [0.3, 0.4) is 0 Å². The molecule has 36 heavy (non-hydrogen) atoms. The van der Waals surface area contributed by atoms with Crippen molar-refractivity contribution in [3.63, 3.8) is 0 Å². The molecule has 0 amide bonds. The van der Waals surface area contributed by atoms with E-state index < -0.39 is 36.9 Å². The molecule has 2 aromatic carbocycles. The van der Waals surface area contributed by atoms with Crippen molar-refractivity contribution in [2.24, 2.45) is 0 Å². The Bertz CT molecular complexity index is 1340. The Morgan fingerprint density at radius 3 is 2.75 bits per heavy atom. The molecular weight excluding hydrogens is 527 g/mol. The topological polar surface area (TPSA) is 101 Å². The van der Waals surface area contributed by atoms with Crippen molar-refractivity contribution < 1.29 is 28.2 Å². The number of aliphatic hydroxyl groups is 1. The van der Waals surface area contributed by atoms with Crippen molar-refractivity contribution in [3.05, 3.63) is 87.4 Å². The summed E-state index contributed by atoms with van der Waals surface area (Å²) in [4.78, 5) is 16.7. The van der Waals surface area contributed by atoms with E-state index in [1.807, 2.05) is 31.2 Å². The normalized spacial score (nSPS) is 27.4. The molecule has 2 aliphatic rings. The summed E-state index contributed by atoms with van der Waals surface area (Å²) in [6, 6.07) is 16.5. The van der Waals surface area contributed by atoms with Crippen LogP contribution in [0.25, 0.3) is 0 Å². The highest BCUT2D eigenvalue weighted by Crippen LogP contribution is 2.57. The van der Waals surface area contributed by atoms with Crippen molar-refractivity contribution in [1.82, 2.24) is 9.55 Å². The average molecular weight is 551 g/mol. The number of para-hydroxylation sites is 1. The van der Waals surface area contributed by atoms with E-state index in [0.717, 1.165) is 5.56 Å². The first-order chi connectivity index (χ1) is 17.3. The maximum atomic E-state index is 12.7. The van der Waals surface area contributed by atoms with Gasteiger partial charge < -0.3 is 19.1 Å². The Hall–Kier alpha value is -2.30. The molecule has 2 aliphatic heterocycles. The van der Waals surface area contributed by atoms with E-state index in [2.05, 4.69) is 4.98 Å². The Morgan fingerprint density at radius 2 is 2.00 bits per heavy atom. The molecule has 0 aliphatic carbocycles. The van der Waals surface area contributed by atoms with Gasteiger partial charge in [0.15, 0.2) is 6.23 Å². The molecule has 2 fully saturated rings. The second kappa shape index (κ2) is 10.6. The van der Waals surface area contributed by atoms with Gasteiger partial charge in [-0.2, -0.15) is 4.98 Å². The Kier molecular flexibility index (Phi) is 7.46. The van der Waals surface area contributed by atoms with Crippen LogP contribution in [0, 0.1) is 6.92 Å². The van der Waals surface area contributed by atoms with Crippen LogP contribution in [0.4, 0.5) is 0 Å². The summed E-state index contributed by atoms with van der Waals surface area (Å²) >= 11 is 11.6. The SMILES string of the molecule is Cc1ccc(CCOc2ccn([C@@H]3O[C@@H]4COP(=S)(Oc5ccccc5Cl)OC4C3O)c(=O)n2)cc1. The van der Waals surface area contributed by atoms with Crippen LogP contribution >= 0.6 is 18.3 Å². The van der Waals surface area contributed by atoms with Crippen LogP contribution in [-0.2, 0) is 32.0 Å². The Balaban J connectivity index is 1.23. The molecule has 5 rings (SSSR count). The lowest BCUT2D eigenvalue weighted by Gasteiger charge is -2.33. The number of rotatable bonds is 7. The maximum absolute atomic E-state index is 12.7. The van der Waals surface area contributed by atoms with Crippen molar-refractivity contribution in [3.8, 4) is 11.6 Å². The molecule has 5 atom stereocenters. The highest BCUT2D eigenvalue weighted by molar-refractivity contribution is 8.07. The Morgan fingerprint density at radius 1 is 1.22 bits per heavy atom. The summed E-state index contributed by atoms with van der Waals surface area (Å²) < 4.78 is 30.0. The van der Waals surface area contributed by atoms with E-state index in [-0.39, 0.29) is 12.5 Å². The second-order valence-electron chi connectivity index (χ2n) is 8.43. The summed E-state index contributed by atoms with van der Waals surface area (Å²) in [6.45, 7) is -0.834. The largest absolute Gasteiger partial charge is 0.477 e. The molecule has 2 saturated heterocycles. The van der Waals surface area contributed by atoms with Gasteiger partial charge in [-0.3, -0.25) is 13.6 Å². The molecule has 0 bridgehead atoms. The van der Waals surface area contributed by atoms with E-state index in [9.17, 15) is 9.90 Å². The number of aliphatic hydroxyl groups excluding tert-OH is 1. The number of ether oxygens (including phenoxy) is 2. The average Bonchev–Trinajstić information content (AvgIpc) is 3.17. The van der Waals surface area contributed by atoms with E-state index in [0.29, 0.717) is 23.8 Å². The van der Waals surface area contributed by atoms with Crippen molar-refractivity contribution in [2.75, 3.05) is 13.2 Å². The molecule has 190 valence electrons. The van der Waals surface area contributed by atoms with Crippen molar-refractivity contribution in [2.45, 2.75) is 37.9 Å². The number of hydrogen-bond acceptors (Lipinski definition) is 9. The third-order valence-corrected chi connectivity index (χ3v) is 8.34. The quantitative estimate of drug-likeness (QED) is 0.440. The van der Waals surface area contributed by atoms with Crippen LogP contribution < -0.4 is 15.0 Å². The molecule has 0 saturated carbocycles. The van der Waals surface area contributed by atoms with Gasteiger partial charge in [-0.05, 0) is 24.6 Å². The van der Waals surface area contributed by atoms with E-state index >= 15 is 0 Å². The first-order valence-corrected chi connectivity index (χ1v) is 14.2. The zero-order valence-electron chi connectivity index (χ0n) is 19.2. The fourth-order valence-electron chi connectivity index (χ4n) is 3.94. The molecule has 3 aromatic rings. The molecule has 0 spiro atoms. The fourth-order valence-corrected chi connectivity index (χ4v) is 6.34. The minimum atomic E-state index is -3.26. The maximum Gasteiger partial charge on any atom is 0.381 e. The fraction of sp³-hybridized carbons (Fsp3) is 0.333. The van der Waals surface area contributed by atoms with Crippen LogP contribution in [0.15, 0.2) is 65.6 Å². The number of halogens is 1. The minimum absolute atomic E-state index is 0.0301. The van der Waals surface area contributed by atoms with Gasteiger partial charge in [0.1, 0.15) is 24.1 Å². The van der Waals surface area contributed by atoms with Crippen LogP contribution in [0.1, 0.15) is 17.4 Å². The monoisotopic (exact) mass is 550 g/mol. The van der Waals surface area contributed by atoms with Gasteiger partial charge in [-0.1, -0.05) is 53.6 Å². The second-order valence-corrected chi connectivity index (χ2v) is 11.7. The van der Waals surface area contributed by atoms with Crippen LogP contribution in [0.5, 0.6) is 11.6 Å². The molecule has 1 aromatic heterocycles. The highest BCUT2D eigenvalue weighted by Gasteiger charge is 2.52. The lowest BCUT2D eigenvalue weighted by Crippen LogP contribution is -2.40. The predicted molar refractivity (Wildman–Crippen MR) is 136 cm³/mol. The zero-order chi connectivity index (χ0) is 25.3. The molecular formula is C24H24ClN2O7PS. The van der Waals surface area contributed by atoms with Gasteiger partial charge in [0.05, 0.1) is 18.2 Å². The molecule has 3 unspecified atom stereocenters.